The molecule has 0 aliphatic heterocycles. The average Bonchev–Trinajstić information content (AvgIpc) is 3.88. The monoisotopic (exact) mass is 851 g/mol. The Kier molecular flexibility index (Phi) is 9.18. The van der Waals surface area contributed by atoms with E-state index in [1.165, 1.54) is 18.2 Å². The fourth-order valence-electron chi connectivity index (χ4n) is 9.57. The van der Waals surface area contributed by atoms with Crippen molar-refractivity contribution >= 4 is 43.6 Å². The number of pyridine rings is 2. The maximum atomic E-state index is 16.0. The Morgan fingerprint density at radius 1 is 0.364 bits per heavy atom. The van der Waals surface area contributed by atoms with E-state index in [1.54, 1.807) is 12.1 Å². The molecule has 4 aromatic heterocycles. The van der Waals surface area contributed by atoms with Crippen LogP contribution in [-0.2, 0) is 0 Å². The number of para-hydroxylation sites is 2. The maximum absolute atomic E-state index is 16.0. The molecule has 0 aliphatic rings. The molecule has 12 rings (SSSR count). The lowest BCUT2D eigenvalue weighted by Gasteiger charge is -2.19. The summed E-state index contributed by atoms with van der Waals surface area (Å²) in [5.41, 5.74) is 12.6. The van der Waals surface area contributed by atoms with Crippen LogP contribution in [-0.4, -0.2) is 19.1 Å². The number of halogens is 2. The second kappa shape index (κ2) is 15.7. The smallest absolute Gasteiger partial charge is 0.133 e. The minimum Gasteiger partial charge on any atom is -0.308 e. The van der Waals surface area contributed by atoms with E-state index >= 15 is 8.78 Å². The highest BCUT2D eigenvalue weighted by atomic mass is 19.1. The topological polar surface area (TPSA) is 59.4 Å². The van der Waals surface area contributed by atoms with Gasteiger partial charge in [0.1, 0.15) is 23.3 Å². The van der Waals surface area contributed by atoms with Crippen molar-refractivity contribution in [1.82, 2.24) is 19.1 Å². The third-order valence-electron chi connectivity index (χ3n) is 12.6. The lowest BCUT2D eigenvalue weighted by Crippen LogP contribution is -2.06. The molecule has 0 fully saturated rings. The van der Waals surface area contributed by atoms with E-state index < -0.39 is 11.6 Å². The first-order valence-electron chi connectivity index (χ1n) is 21.7. The molecular weight excluding hydrogens is 817 g/mol. The quantitative estimate of drug-likeness (QED) is 0.160. The summed E-state index contributed by atoms with van der Waals surface area (Å²) in [5, 5.41) is 15.3. The lowest BCUT2D eigenvalue weighted by atomic mass is 9.98. The van der Waals surface area contributed by atoms with E-state index in [9.17, 15) is 5.26 Å². The first-order chi connectivity index (χ1) is 32.5. The summed E-state index contributed by atoms with van der Waals surface area (Å²) in [6, 6.07) is 67.1. The van der Waals surface area contributed by atoms with E-state index in [-0.39, 0.29) is 5.56 Å². The molecule has 7 heteroatoms. The molecule has 5 nitrogen and oxygen atoms in total. The predicted molar refractivity (Wildman–Crippen MR) is 263 cm³/mol. The van der Waals surface area contributed by atoms with Crippen LogP contribution in [0, 0.1) is 23.0 Å². The predicted octanol–water partition coefficient (Wildman–Crippen LogP) is 15.2. The number of nitriles is 1. The van der Waals surface area contributed by atoms with Gasteiger partial charge in [-0.3, -0.25) is 9.97 Å². The molecule has 0 aliphatic carbocycles. The van der Waals surface area contributed by atoms with Gasteiger partial charge in [-0.2, -0.15) is 5.26 Å². The number of aromatic nitrogens is 4. The van der Waals surface area contributed by atoms with Gasteiger partial charge in [-0.1, -0.05) is 115 Å². The number of hydrogen-bond acceptors (Lipinski definition) is 3. The second-order valence-electron chi connectivity index (χ2n) is 16.4. The van der Waals surface area contributed by atoms with E-state index in [0.717, 1.165) is 88.4 Å². The van der Waals surface area contributed by atoms with Crippen molar-refractivity contribution in [2.75, 3.05) is 0 Å². The van der Waals surface area contributed by atoms with Crippen molar-refractivity contribution in [3.63, 3.8) is 0 Å². The van der Waals surface area contributed by atoms with Crippen LogP contribution in [0.4, 0.5) is 8.78 Å². The third kappa shape index (κ3) is 6.35. The molecule has 0 spiro atoms. The van der Waals surface area contributed by atoms with E-state index in [4.69, 9.17) is 0 Å². The Morgan fingerprint density at radius 2 is 0.788 bits per heavy atom. The van der Waals surface area contributed by atoms with Crippen LogP contribution < -0.4 is 0 Å². The van der Waals surface area contributed by atoms with Gasteiger partial charge in [0.15, 0.2) is 0 Å². The Balaban J connectivity index is 1.10. The van der Waals surface area contributed by atoms with E-state index in [1.807, 2.05) is 122 Å². The minimum atomic E-state index is -0.699. The summed E-state index contributed by atoms with van der Waals surface area (Å²) >= 11 is 0. The Bertz CT molecular complexity index is 3680. The molecule has 0 bridgehead atoms. The van der Waals surface area contributed by atoms with Gasteiger partial charge in [-0.05, 0) is 113 Å². The number of benzene rings is 8. The molecule has 0 amide bonds. The van der Waals surface area contributed by atoms with Crippen LogP contribution >= 0.6 is 0 Å². The summed E-state index contributed by atoms with van der Waals surface area (Å²) in [5.74, 6) is -1.40. The molecule has 0 unspecified atom stereocenters. The van der Waals surface area contributed by atoms with Crippen molar-refractivity contribution < 1.29 is 8.78 Å². The van der Waals surface area contributed by atoms with E-state index in [2.05, 4.69) is 85.8 Å². The highest BCUT2D eigenvalue weighted by molar-refractivity contribution is 6.12. The first kappa shape index (κ1) is 38.7. The standard InChI is InChI=1S/C59H35F2N5/c60-49-18-11-19-50(61)59(49)43-34-57(65-53-20-9-7-16-44(53)46-30-39(22-24-55(46)65)41-26-28-63-51(32-41)37-12-3-1-4-13-37)48(36-62)58(35-43)66-54-21-10-8-17-45(54)47-31-40(23-25-56(47)66)42-27-29-64-52(33-42)38-14-5-2-6-15-38/h1-35H. The molecule has 0 saturated heterocycles. The normalized spacial score (nSPS) is 11.5. The molecule has 66 heavy (non-hydrogen) atoms. The zero-order chi connectivity index (χ0) is 44.3. The van der Waals surface area contributed by atoms with Gasteiger partial charge in [0.25, 0.3) is 0 Å². The largest absolute Gasteiger partial charge is 0.308 e. The first-order valence-corrected chi connectivity index (χ1v) is 21.7. The third-order valence-corrected chi connectivity index (χ3v) is 12.6. The van der Waals surface area contributed by atoms with Crippen molar-refractivity contribution in [3.05, 3.63) is 230 Å². The molecule has 310 valence electrons. The van der Waals surface area contributed by atoms with Gasteiger partial charge < -0.3 is 9.13 Å². The average molecular weight is 852 g/mol. The van der Waals surface area contributed by atoms with Crippen LogP contribution in [0.1, 0.15) is 5.56 Å². The zero-order valence-corrected chi connectivity index (χ0v) is 35.2. The molecule has 0 atom stereocenters. The Labute approximate surface area is 378 Å². The Hall–Kier alpha value is -8.99. The van der Waals surface area contributed by atoms with Crippen LogP contribution in [0.3, 0.4) is 0 Å². The lowest BCUT2D eigenvalue weighted by molar-refractivity contribution is 0.589. The maximum Gasteiger partial charge on any atom is 0.133 e. The number of fused-ring (bicyclic) bond motifs is 6. The molecule has 8 aromatic carbocycles. The van der Waals surface area contributed by atoms with Gasteiger partial charge in [-0.15, -0.1) is 0 Å². The van der Waals surface area contributed by atoms with E-state index in [0.29, 0.717) is 22.5 Å². The zero-order valence-electron chi connectivity index (χ0n) is 35.2. The summed E-state index contributed by atoms with van der Waals surface area (Å²) in [6.07, 6.45) is 3.66. The summed E-state index contributed by atoms with van der Waals surface area (Å²) in [7, 11) is 0. The van der Waals surface area contributed by atoms with Crippen molar-refractivity contribution in [1.29, 1.82) is 5.26 Å². The molecule has 12 aromatic rings. The number of rotatable bonds is 7. The minimum absolute atomic E-state index is 0.172. The van der Waals surface area contributed by atoms with Crippen LogP contribution in [0.5, 0.6) is 0 Å². The van der Waals surface area contributed by atoms with Crippen LogP contribution in [0.25, 0.3) is 111 Å². The SMILES string of the molecule is N#Cc1c(-n2c3ccccc3c3cc(-c4ccnc(-c5ccccc5)c4)ccc32)cc(-c2c(F)cccc2F)cc1-n1c2ccccc2c2cc(-c3ccnc(-c4ccccc4)c3)ccc21. The Morgan fingerprint density at radius 3 is 1.26 bits per heavy atom. The van der Waals surface area contributed by atoms with Gasteiger partial charge in [0.05, 0.1) is 50.4 Å². The fraction of sp³-hybridized carbons (Fsp3) is 0. The summed E-state index contributed by atoms with van der Waals surface area (Å²) in [6.45, 7) is 0. The van der Waals surface area contributed by atoms with Crippen molar-refractivity contribution in [2.45, 2.75) is 0 Å². The fourth-order valence-corrected chi connectivity index (χ4v) is 9.57. The van der Waals surface area contributed by atoms with Gasteiger partial charge in [-0.25, -0.2) is 8.78 Å². The van der Waals surface area contributed by atoms with Gasteiger partial charge in [0, 0.05) is 45.1 Å². The molecule has 0 N–H and O–H groups in total. The molecule has 0 saturated carbocycles. The van der Waals surface area contributed by atoms with Gasteiger partial charge >= 0.3 is 0 Å². The van der Waals surface area contributed by atoms with Gasteiger partial charge in [0.2, 0.25) is 0 Å². The highest BCUT2D eigenvalue weighted by Gasteiger charge is 2.25. The second-order valence-corrected chi connectivity index (χ2v) is 16.4. The van der Waals surface area contributed by atoms with Crippen LogP contribution in [0.2, 0.25) is 0 Å². The number of hydrogen-bond donors (Lipinski definition) is 0. The molecular formula is C59H35F2N5. The van der Waals surface area contributed by atoms with Crippen molar-refractivity contribution in [2.24, 2.45) is 0 Å². The van der Waals surface area contributed by atoms with Crippen LogP contribution in [0.15, 0.2) is 213 Å². The summed E-state index contributed by atoms with van der Waals surface area (Å²) < 4.78 is 36.2. The van der Waals surface area contributed by atoms with Crippen molar-refractivity contribution in [3.8, 4) is 73.3 Å². The molecule has 0 radical (unpaired) electrons. The molecule has 4 heterocycles. The highest BCUT2D eigenvalue weighted by Crippen LogP contribution is 2.43. The number of nitrogens with zero attached hydrogens (tertiary/aromatic N) is 5. The summed E-state index contributed by atoms with van der Waals surface area (Å²) in [4.78, 5) is 9.32.